The molecule has 4 nitrogen and oxygen atoms in total. The molecule has 0 radical (unpaired) electrons. The highest BCUT2D eigenvalue weighted by Crippen LogP contribution is 2.49. The van der Waals surface area contributed by atoms with Gasteiger partial charge >= 0.3 is 0 Å². The summed E-state index contributed by atoms with van der Waals surface area (Å²) in [6.07, 6.45) is 5.59. The van der Waals surface area contributed by atoms with Gasteiger partial charge < -0.3 is 20.1 Å². The van der Waals surface area contributed by atoms with Crippen LogP contribution < -0.4 is 20.1 Å². The van der Waals surface area contributed by atoms with Crippen molar-refractivity contribution >= 4 is 23.0 Å². The largest absolute Gasteiger partial charge is 0.497 e. The van der Waals surface area contributed by atoms with E-state index in [1.54, 1.807) is 14.2 Å². The van der Waals surface area contributed by atoms with Gasteiger partial charge in [-0.1, -0.05) is 6.42 Å². The number of hydrogen-bond acceptors (Lipinski definition) is 3. The van der Waals surface area contributed by atoms with Gasteiger partial charge in [-0.15, -0.1) is 0 Å². The first kappa shape index (κ1) is 16.4. The summed E-state index contributed by atoms with van der Waals surface area (Å²) in [5.41, 5.74) is 0.824. The van der Waals surface area contributed by atoms with Gasteiger partial charge in [0, 0.05) is 12.1 Å². The maximum Gasteiger partial charge on any atom is 0.171 e. The smallest absolute Gasteiger partial charge is 0.171 e. The maximum absolute atomic E-state index is 5.50. The Morgan fingerprint density at radius 1 is 1.22 bits per heavy atom. The molecular formula is C18H26N2O2S. The molecule has 0 saturated heterocycles. The SMILES string of the molecule is COc1ccc(OC)c(NC(=S)NC(C)C2CC3CCC2C3)c1. The van der Waals surface area contributed by atoms with E-state index >= 15 is 0 Å². The van der Waals surface area contributed by atoms with Gasteiger partial charge in [0.15, 0.2) is 5.11 Å². The van der Waals surface area contributed by atoms with E-state index in [-0.39, 0.29) is 0 Å². The number of hydrogen-bond donors (Lipinski definition) is 2. The molecule has 5 heteroatoms. The van der Waals surface area contributed by atoms with E-state index in [1.165, 1.54) is 25.7 Å². The van der Waals surface area contributed by atoms with Crippen LogP contribution >= 0.6 is 12.2 Å². The molecule has 4 atom stereocenters. The average molecular weight is 334 g/mol. The van der Waals surface area contributed by atoms with Gasteiger partial charge in [-0.3, -0.25) is 0 Å². The molecule has 2 aliphatic rings. The minimum Gasteiger partial charge on any atom is -0.497 e. The van der Waals surface area contributed by atoms with Crippen LogP contribution in [0.15, 0.2) is 18.2 Å². The van der Waals surface area contributed by atoms with Crippen molar-refractivity contribution in [1.29, 1.82) is 0 Å². The second-order valence-electron chi connectivity index (χ2n) is 6.79. The Bertz CT molecular complexity index is 578. The topological polar surface area (TPSA) is 42.5 Å². The van der Waals surface area contributed by atoms with Gasteiger partial charge in [-0.2, -0.15) is 0 Å². The van der Waals surface area contributed by atoms with E-state index in [0.717, 1.165) is 34.9 Å². The standard InChI is InChI=1S/C18H26N2O2S/c1-11(15-9-12-4-5-13(15)8-12)19-18(23)20-16-10-14(21-2)6-7-17(16)22-3/h6-7,10-13,15H,4-5,8-9H2,1-3H3,(H2,19,20,23). The summed E-state index contributed by atoms with van der Waals surface area (Å²) in [7, 11) is 3.31. The number of anilines is 1. The van der Waals surface area contributed by atoms with Crippen molar-refractivity contribution in [2.24, 2.45) is 17.8 Å². The van der Waals surface area contributed by atoms with Crippen molar-refractivity contribution < 1.29 is 9.47 Å². The Hall–Kier alpha value is -1.49. The Morgan fingerprint density at radius 3 is 2.65 bits per heavy atom. The maximum atomic E-state index is 5.50. The third kappa shape index (κ3) is 3.55. The minimum atomic E-state index is 0.405. The van der Waals surface area contributed by atoms with Crippen molar-refractivity contribution in [2.45, 2.75) is 38.6 Å². The van der Waals surface area contributed by atoms with Crippen molar-refractivity contribution in [3.05, 3.63) is 18.2 Å². The lowest BCUT2D eigenvalue weighted by Crippen LogP contribution is -2.42. The van der Waals surface area contributed by atoms with Gasteiger partial charge in [0.25, 0.3) is 0 Å². The van der Waals surface area contributed by atoms with Crippen LogP contribution in [0.4, 0.5) is 5.69 Å². The summed E-state index contributed by atoms with van der Waals surface area (Å²) in [6, 6.07) is 6.05. The van der Waals surface area contributed by atoms with Gasteiger partial charge in [-0.05, 0) is 68.3 Å². The van der Waals surface area contributed by atoms with Crippen LogP contribution in [-0.4, -0.2) is 25.4 Å². The fraction of sp³-hybridized carbons (Fsp3) is 0.611. The van der Waals surface area contributed by atoms with E-state index in [2.05, 4.69) is 17.6 Å². The number of thiocarbonyl (C=S) groups is 1. The number of nitrogens with one attached hydrogen (secondary N) is 2. The number of fused-ring (bicyclic) bond motifs is 2. The van der Waals surface area contributed by atoms with E-state index in [4.69, 9.17) is 21.7 Å². The molecule has 0 aliphatic heterocycles. The lowest BCUT2D eigenvalue weighted by atomic mass is 9.84. The van der Waals surface area contributed by atoms with E-state index in [0.29, 0.717) is 11.2 Å². The second-order valence-corrected chi connectivity index (χ2v) is 7.20. The summed E-state index contributed by atoms with van der Waals surface area (Å²) < 4.78 is 10.7. The zero-order chi connectivity index (χ0) is 16.4. The van der Waals surface area contributed by atoms with E-state index in [9.17, 15) is 0 Å². The number of ether oxygens (including phenoxy) is 2. The third-order valence-electron chi connectivity index (χ3n) is 5.45. The quantitative estimate of drug-likeness (QED) is 0.802. The lowest BCUT2D eigenvalue weighted by molar-refractivity contribution is 0.279. The van der Waals surface area contributed by atoms with Crippen LogP contribution in [0.2, 0.25) is 0 Å². The molecule has 0 aromatic heterocycles. The second kappa shape index (κ2) is 6.95. The number of methoxy groups -OCH3 is 2. The first-order valence-corrected chi connectivity index (χ1v) is 8.81. The zero-order valence-corrected chi connectivity index (χ0v) is 14.9. The first-order chi connectivity index (χ1) is 11.1. The summed E-state index contributed by atoms with van der Waals surface area (Å²) in [5, 5.41) is 7.36. The molecule has 2 fully saturated rings. The van der Waals surface area contributed by atoms with Crippen LogP contribution in [0.1, 0.15) is 32.6 Å². The van der Waals surface area contributed by atoms with Gasteiger partial charge in [0.2, 0.25) is 0 Å². The molecule has 2 bridgehead atoms. The molecule has 2 aliphatic carbocycles. The molecule has 4 unspecified atom stereocenters. The van der Waals surface area contributed by atoms with Crippen LogP contribution in [0.3, 0.4) is 0 Å². The fourth-order valence-electron chi connectivity index (χ4n) is 4.29. The Morgan fingerprint density at radius 2 is 2.04 bits per heavy atom. The molecule has 0 spiro atoms. The molecule has 23 heavy (non-hydrogen) atoms. The summed E-state index contributed by atoms with van der Waals surface area (Å²) in [4.78, 5) is 0. The van der Waals surface area contributed by atoms with E-state index < -0.39 is 0 Å². The average Bonchev–Trinajstić information content (AvgIpc) is 3.17. The minimum absolute atomic E-state index is 0.405. The monoisotopic (exact) mass is 334 g/mol. The van der Waals surface area contributed by atoms with Gasteiger partial charge in [0.05, 0.1) is 19.9 Å². The number of benzene rings is 1. The molecular weight excluding hydrogens is 308 g/mol. The molecule has 2 saturated carbocycles. The van der Waals surface area contributed by atoms with Crippen molar-refractivity contribution in [1.82, 2.24) is 5.32 Å². The van der Waals surface area contributed by atoms with Gasteiger partial charge in [0.1, 0.15) is 11.5 Å². The fourth-order valence-corrected chi connectivity index (χ4v) is 4.59. The highest BCUT2D eigenvalue weighted by Gasteiger charge is 2.41. The Balaban J connectivity index is 1.60. The van der Waals surface area contributed by atoms with Crippen molar-refractivity contribution in [2.75, 3.05) is 19.5 Å². The molecule has 2 N–H and O–H groups in total. The molecule has 1 aromatic carbocycles. The molecule has 1 aromatic rings. The van der Waals surface area contributed by atoms with Crippen LogP contribution in [-0.2, 0) is 0 Å². The van der Waals surface area contributed by atoms with Crippen molar-refractivity contribution in [3.63, 3.8) is 0 Å². The molecule has 3 rings (SSSR count). The van der Waals surface area contributed by atoms with Crippen LogP contribution in [0, 0.1) is 17.8 Å². The number of rotatable bonds is 5. The van der Waals surface area contributed by atoms with E-state index in [1.807, 2.05) is 18.2 Å². The predicted molar refractivity (Wildman–Crippen MR) is 97.3 cm³/mol. The molecule has 0 amide bonds. The summed E-state index contributed by atoms with van der Waals surface area (Å²) in [6.45, 7) is 2.25. The normalized spacial score (nSPS) is 26.7. The Kier molecular flexibility index (Phi) is 4.95. The Labute approximate surface area is 143 Å². The highest BCUT2D eigenvalue weighted by molar-refractivity contribution is 7.80. The van der Waals surface area contributed by atoms with Gasteiger partial charge in [-0.25, -0.2) is 0 Å². The van der Waals surface area contributed by atoms with Crippen molar-refractivity contribution in [3.8, 4) is 11.5 Å². The van der Waals surface area contributed by atoms with Crippen LogP contribution in [0.5, 0.6) is 11.5 Å². The zero-order valence-electron chi connectivity index (χ0n) is 14.1. The first-order valence-electron chi connectivity index (χ1n) is 8.40. The van der Waals surface area contributed by atoms with Crippen LogP contribution in [0.25, 0.3) is 0 Å². The molecule has 126 valence electrons. The molecule has 0 heterocycles. The third-order valence-corrected chi connectivity index (χ3v) is 5.67. The highest BCUT2D eigenvalue weighted by atomic mass is 32.1. The predicted octanol–water partition coefficient (Wildman–Crippen LogP) is 3.81. The summed E-state index contributed by atoms with van der Waals surface area (Å²) >= 11 is 5.50. The summed E-state index contributed by atoms with van der Waals surface area (Å²) in [5.74, 6) is 4.12. The lowest BCUT2D eigenvalue weighted by Gasteiger charge is -2.29.